The van der Waals surface area contributed by atoms with Gasteiger partial charge in [-0.15, -0.1) is 0 Å². The number of hydrogen-bond acceptors (Lipinski definition) is 1. The molecule has 2 nitrogen and oxygen atoms in total. The highest BCUT2D eigenvalue weighted by atomic mass is 19.1. The fraction of sp³-hybridized carbons (Fsp3) is 0.667. The molecule has 0 spiro atoms. The molecule has 0 saturated carbocycles. The maximum atomic E-state index is 12.9. The Morgan fingerprint density at radius 3 is 2.33 bits per heavy atom. The van der Waals surface area contributed by atoms with E-state index in [2.05, 4.69) is 5.32 Å². The summed E-state index contributed by atoms with van der Waals surface area (Å²) in [7, 11) is 0. The van der Waals surface area contributed by atoms with Crippen LogP contribution in [-0.2, 0) is 4.79 Å². The minimum atomic E-state index is -0.671. The Bertz CT molecular complexity index is 195. The molecular formula is C9H16FNO. The van der Waals surface area contributed by atoms with Crippen molar-refractivity contribution in [3.05, 3.63) is 11.4 Å². The van der Waals surface area contributed by atoms with Crippen LogP contribution in [0.15, 0.2) is 11.4 Å². The van der Waals surface area contributed by atoms with Crippen LogP contribution in [0, 0.1) is 0 Å². The number of carbonyl (C=O) groups excluding carboxylic acids is 1. The molecule has 1 atom stereocenters. The van der Waals surface area contributed by atoms with Gasteiger partial charge < -0.3 is 5.32 Å². The van der Waals surface area contributed by atoms with Crippen LogP contribution in [-0.4, -0.2) is 11.9 Å². The Hall–Kier alpha value is -0.860. The number of nitrogens with one attached hydrogen (secondary N) is 1. The molecule has 0 aliphatic heterocycles. The molecule has 3 heteroatoms. The average molecular weight is 173 g/mol. The molecule has 0 aromatic rings. The second-order valence-corrected chi connectivity index (χ2v) is 3.10. The van der Waals surface area contributed by atoms with E-state index in [0.717, 1.165) is 6.42 Å². The van der Waals surface area contributed by atoms with Crippen molar-refractivity contribution < 1.29 is 9.18 Å². The molecule has 1 unspecified atom stereocenters. The summed E-state index contributed by atoms with van der Waals surface area (Å²) >= 11 is 0. The van der Waals surface area contributed by atoms with E-state index in [1.807, 2.05) is 13.8 Å². The predicted molar refractivity (Wildman–Crippen MR) is 47.4 cm³/mol. The van der Waals surface area contributed by atoms with Gasteiger partial charge in [-0.25, -0.2) is 4.39 Å². The lowest BCUT2D eigenvalue weighted by molar-refractivity contribution is -0.119. The van der Waals surface area contributed by atoms with Crippen LogP contribution in [0.1, 0.15) is 34.1 Å². The summed E-state index contributed by atoms with van der Waals surface area (Å²) in [6, 6.07) is 0.0302. The average Bonchev–Trinajstić information content (AvgIpc) is 2.02. The van der Waals surface area contributed by atoms with Crippen molar-refractivity contribution in [3.8, 4) is 0 Å². The normalized spacial score (nSPS) is 12.1. The minimum absolute atomic E-state index is 0.0302. The molecule has 0 saturated heterocycles. The highest BCUT2D eigenvalue weighted by Crippen LogP contribution is 2.04. The molecule has 0 radical (unpaired) electrons. The van der Waals surface area contributed by atoms with Crippen molar-refractivity contribution >= 4 is 5.91 Å². The summed E-state index contributed by atoms with van der Waals surface area (Å²) in [5, 5.41) is 2.54. The van der Waals surface area contributed by atoms with Gasteiger partial charge >= 0.3 is 0 Å². The summed E-state index contributed by atoms with van der Waals surface area (Å²) in [5.74, 6) is -1.28. The molecule has 1 N–H and O–H groups in total. The molecule has 0 rings (SSSR count). The predicted octanol–water partition coefficient (Wildman–Crippen LogP) is 2.16. The van der Waals surface area contributed by atoms with Gasteiger partial charge in [-0.05, 0) is 32.8 Å². The zero-order valence-electron chi connectivity index (χ0n) is 8.07. The Kier molecular flexibility index (Phi) is 4.55. The summed E-state index contributed by atoms with van der Waals surface area (Å²) in [6.45, 7) is 6.93. The number of halogens is 1. The third-order valence-electron chi connectivity index (χ3n) is 1.63. The van der Waals surface area contributed by atoms with Gasteiger partial charge in [-0.2, -0.15) is 0 Å². The standard InChI is InChI=1S/C9H16FNO/c1-5-7(4)11-9(12)8(10)6(2)3/h7H,5H2,1-4H3,(H,11,12). The van der Waals surface area contributed by atoms with Crippen LogP contribution < -0.4 is 5.32 Å². The molecule has 12 heavy (non-hydrogen) atoms. The Morgan fingerprint density at radius 2 is 2.00 bits per heavy atom. The highest BCUT2D eigenvalue weighted by Gasteiger charge is 2.11. The van der Waals surface area contributed by atoms with Gasteiger partial charge in [-0.3, -0.25) is 4.79 Å². The van der Waals surface area contributed by atoms with Crippen molar-refractivity contribution in [2.75, 3.05) is 0 Å². The van der Waals surface area contributed by atoms with Gasteiger partial charge in [0.15, 0.2) is 5.83 Å². The van der Waals surface area contributed by atoms with Crippen molar-refractivity contribution in [3.63, 3.8) is 0 Å². The lowest BCUT2D eigenvalue weighted by Gasteiger charge is -2.10. The summed E-state index contributed by atoms with van der Waals surface area (Å²) < 4.78 is 12.9. The molecule has 0 bridgehead atoms. The van der Waals surface area contributed by atoms with Gasteiger partial charge in [0.05, 0.1) is 0 Å². The van der Waals surface area contributed by atoms with E-state index in [1.165, 1.54) is 0 Å². The first-order valence-electron chi connectivity index (χ1n) is 4.12. The van der Waals surface area contributed by atoms with Crippen molar-refractivity contribution in [2.24, 2.45) is 0 Å². The zero-order valence-corrected chi connectivity index (χ0v) is 8.07. The molecule has 1 amide bonds. The fourth-order valence-corrected chi connectivity index (χ4v) is 0.616. The van der Waals surface area contributed by atoms with Crippen molar-refractivity contribution in [2.45, 2.75) is 40.2 Å². The van der Waals surface area contributed by atoms with Gasteiger partial charge in [-0.1, -0.05) is 6.92 Å². The summed E-state index contributed by atoms with van der Waals surface area (Å²) in [4.78, 5) is 11.0. The van der Waals surface area contributed by atoms with E-state index < -0.39 is 11.7 Å². The van der Waals surface area contributed by atoms with Crippen LogP contribution >= 0.6 is 0 Å². The summed E-state index contributed by atoms with van der Waals surface area (Å²) in [5.41, 5.74) is 0.413. The van der Waals surface area contributed by atoms with Gasteiger partial charge in [0, 0.05) is 6.04 Å². The van der Waals surface area contributed by atoms with Crippen LogP contribution in [0.3, 0.4) is 0 Å². The minimum Gasteiger partial charge on any atom is -0.348 e. The summed E-state index contributed by atoms with van der Waals surface area (Å²) in [6.07, 6.45) is 0.807. The first kappa shape index (κ1) is 11.1. The van der Waals surface area contributed by atoms with Gasteiger partial charge in [0.2, 0.25) is 0 Å². The van der Waals surface area contributed by atoms with E-state index >= 15 is 0 Å². The van der Waals surface area contributed by atoms with E-state index in [0.29, 0.717) is 5.57 Å². The first-order valence-corrected chi connectivity index (χ1v) is 4.12. The second-order valence-electron chi connectivity index (χ2n) is 3.10. The maximum absolute atomic E-state index is 12.9. The number of rotatable bonds is 3. The molecule has 0 fully saturated rings. The smallest absolute Gasteiger partial charge is 0.280 e. The van der Waals surface area contributed by atoms with Crippen LogP contribution in [0.2, 0.25) is 0 Å². The third-order valence-corrected chi connectivity index (χ3v) is 1.63. The van der Waals surface area contributed by atoms with E-state index in [1.54, 1.807) is 13.8 Å². The van der Waals surface area contributed by atoms with Crippen LogP contribution in [0.25, 0.3) is 0 Å². The van der Waals surface area contributed by atoms with Crippen LogP contribution in [0.5, 0.6) is 0 Å². The molecule has 70 valence electrons. The van der Waals surface area contributed by atoms with E-state index in [4.69, 9.17) is 0 Å². The second kappa shape index (κ2) is 4.91. The molecule has 0 aliphatic carbocycles. The molecule has 0 heterocycles. The molecule has 0 aromatic carbocycles. The molecule has 0 aliphatic rings. The quantitative estimate of drug-likeness (QED) is 0.651. The first-order chi connectivity index (χ1) is 5.49. The third kappa shape index (κ3) is 3.51. The Balaban J connectivity index is 4.15. The highest BCUT2D eigenvalue weighted by molar-refractivity contribution is 5.91. The largest absolute Gasteiger partial charge is 0.348 e. The number of carbonyl (C=O) groups is 1. The fourth-order valence-electron chi connectivity index (χ4n) is 0.616. The maximum Gasteiger partial charge on any atom is 0.280 e. The van der Waals surface area contributed by atoms with Crippen LogP contribution in [0.4, 0.5) is 4.39 Å². The number of allylic oxidation sites excluding steroid dienone is 1. The molecular weight excluding hydrogens is 157 g/mol. The Morgan fingerprint density at radius 1 is 1.50 bits per heavy atom. The van der Waals surface area contributed by atoms with E-state index in [9.17, 15) is 9.18 Å². The number of amides is 1. The lowest BCUT2D eigenvalue weighted by atomic mass is 10.2. The molecule has 0 aromatic heterocycles. The van der Waals surface area contributed by atoms with E-state index in [-0.39, 0.29) is 6.04 Å². The van der Waals surface area contributed by atoms with Crippen molar-refractivity contribution in [1.82, 2.24) is 5.32 Å². The SMILES string of the molecule is CCC(C)NC(=O)C(F)=C(C)C. The lowest BCUT2D eigenvalue weighted by Crippen LogP contribution is -2.32. The topological polar surface area (TPSA) is 29.1 Å². The monoisotopic (exact) mass is 173 g/mol. The number of hydrogen-bond donors (Lipinski definition) is 1. The Labute approximate surface area is 72.8 Å². The van der Waals surface area contributed by atoms with Crippen molar-refractivity contribution in [1.29, 1.82) is 0 Å². The van der Waals surface area contributed by atoms with Gasteiger partial charge in [0.1, 0.15) is 0 Å². The van der Waals surface area contributed by atoms with Gasteiger partial charge in [0.25, 0.3) is 5.91 Å². The zero-order chi connectivity index (χ0) is 9.72.